The molecule has 1 aromatic carbocycles. The molecule has 0 heterocycles. The van der Waals surface area contributed by atoms with Gasteiger partial charge in [-0.15, -0.1) is 0 Å². The Hall–Kier alpha value is -1.36. The zero-order valence-corrected chi connectivity index (χ0v) is 11.1. The van der Waals surface area contributed by atoms with Gasteiger partial charge in [0.15, 0.2) is 0 Å². The van der Waals surface area contributed by atoms with Crippen LogP contribution in [0, 0.1) is 0 Å². The second-order valence-corrected chi connectivity index (χ2v) is 4.65. The van der Waals surface area contributed by atoms with Crippen molar-refractivity contribution in [2.75, 3.05) is 31.2 Å². The molecule has 0 amide bonds. The van der Waals surface area contributed by atoms with Gasteiger partial charge in [0.05, 0.1) is 0 Å². The van der Waals surface area contributed by atoms with E-state index in [1.54, 1.807) is 12.1 Å². The number of hydrogen-bond donors (Lipinski definition) is 2. The summed E-state index contributed by atoms with van der Waals surface area (Å²) < 4.78 is 25.6. The first-order chi connectivity index (χ1) is 8.41. The first kappa shape index (κ1) is 14.7. The molecule has 5 heteroatoms. The molecule has 0 aliphatic rings. The summed E-state index contributed by atoms with van der Waals surface area (Å²) >= 11 is 0. The van der Waals surface area contributed by atoms with Gasteiger partial charge >= 0.3 is 0 Å². The van der Waals surface area contributed by atoms with E-state index in [1.807, 2.05) is 7.05 Å². The predicted molar refractivity (Wildman–Crippen MR) is 72.1 cm³/mol. The van der Waals surface area contributed by atoms with Gasteiger partial charge in [0.1, 0.15) is 0 Å². The van der Waals surface area contributed by atoms with Crippen molar-refractivity contribution in [2.24, 2.45) is 0 Å². The van der Waals surface area contributed by atoms with Crippen LogP contribution in [0.5, 0.6) is 0 Å². The molecule has 3 N–H and O–H groups in total. The molecule has 0 aliphatic heterocycles. The summed E-state index contributed by atoms with van der Waals surface area (Å²) in [7, 11) is 2.00. The van der Waals surface area contributed by atoms with Crippen LogP contribution in [0.25, 0.3) is 0 Å². The second-order valence-electron chi connectivity index (χ2n) is 4.65. The van der Waals surface area contributed by atoms with Crippen molar-refractivity contribution in [3.63, 3.8) is 0 Å². The first-order valence-electron chi connectivity index (χ1n) is 6.03. The van der Waals surface area contributed by atoms with Crippen LogP contribution in [0.3, 0.4) is 0 Å². The molecule has 0 radical (unpaired) electrons. The van der Waals surface area contributed by atoms with Gasteiger partial charge in [-0.3, -0.25) is 0 Å². The largest absolute Gasteiger partial charge is 0.399 e. The Bertz CT molecular complexity index is 380. The average Bonchev–Trinajstić information content (AvgIpc) is 2.30. The lowest BCUT2D eigenvalue weighted by molar-refractivity contribution is 0.152. The zero-order chi connectivity index (χ0) is 13.7. The van der Waals surface area contributed by atoms with Gasteiger partial charge in [-0.05, 0) is 39.1 Å². The standard InChI is InChI=1S/C13H21F2N3/c1-9(2)18(3)7-6-17-12-5-4-10(16)8-11(12)13(14)15/h4-5,8-9,13,17H,6-7,16H2,1-3H3. The first-order valence-corrected chi connectivity index (χ1v) is 6.03. The third kappa shape index (κ3) is 4.14. The third-order valence-electron chi connectivity index (χ3n) is 2.97. The fourth-order valence-corrected chi connectivity index (χ4v) is 1.55. The summed E-state index contributed by atoms with van der Waals surface area (Å²) in [5.74, 6) is 0. The number of nitrogens with two attached hydrogens (primary N) is 1. The molecule has 3 nitrogen and oxygen atoms in total. The molecule has 0 saturated heterocycles. The lowest BCUT2D eigenvalue weighted by atomic mass is 10.1. The number of anilines is 2. The number of halogens is 2. The minimum Gasteiger partial charge on any atom is -0.399 e. The topological polar surface area (TPSA) is 41.3 Å². The molecule has 0 aliphatic carbocycles. The van der Waals surface area contributed by atoms with Crippen LogP contribution in [0.1, 0.15) is 25.8 Å². The van der Waals surface area contributed by atoms with Gasteiger partial charge < -0.3 is 16.0 Å². The van der Waals surface area contributed by atoms with Crippen molar-refractivity contribution in [3.8, 4) is 0 Å². The summed E-state index contributed by atoms with van der Waals surface area (Å²) in [6.45, 7) is 5.60. The van der Waals surface area contributed by atoms with Crippen LogP contribution in [0.2, 0.25) is 0 Å². The lowest BCUT2D eigenvalue weighted by Crippen LogP contribution is -2.31. The predicted octanol–water partition coefficient (Wildman–Crippen LogP) is 2.96. The number of nitrogen functional groups attached to an aromatic ring is 1. The summed E-state index contributed by atoms with van der Waals surface area (Å²) in [5, 5.41) is 3.03. The van der Waals surface area contributed by atoms with Gasteiger partial charge in [-0.25, -0.2) is 8.78 Å². The minimum atomic E-state index is -2.51. The third-order valence-corrected chi connectivity index (χ3v) is 2.97. The number of rotatable bonds is 6. The molecule has 0 saturated carbocycles. The molecular formula is C13H21F2N3. The number of nitrogens with zero attached hydrogens (tertiary/aromatic N) is 1. The average molecular weight is 257 g/mol. The van der Waals surface area contributed by atoms with Crippen molar-refractivity contribution in [3.05, 3.63) is 23.8 Å². The molecule has 102 valence electrons. The summed E-state index contributed by atoms with van der Waals surface area (Å²) in [6.07, 6.45) is -2.51. The lowest BCUT2D eigenvalue weighted by Gasteiger charge is -2.21. The molecule has 0 spiro atoms. The highest BCUT2D eigenvalue weighted by atomic mass is 19.3. The van der Waals surface area contributed by atoms with Crippen LogP contribution < -0.4 is 11.1 Å². The van der Waals surface area contributed by atoms with Gasteiger partial charge in [-0.1, -0.05) is 0 Å². The summed E-state index contributed by atoms with van der Waals surface area (Å²) in [5.41, 5.74) is 6.28. The monoisotopic (exact) mass is 257 g/mol. The number of likely N-dealkylation sites (N-methyl/N-ethyl adjacent to an activating group) is 1. The van der Waals surface area contributed by atoms with E-state index in [4.69, 9.17) is 5.73 Å². The fourth-order valence-electron chi connectivity index (χ4n) is 1.55. The van der Waals surface area contributed by atoms with Crippen molar-refractivity contribution in [2.45, 2.75) is 26.3 Å². The molecule has 0 aromatic heterocycles. The van der Waals surface area contributed by atoms with Crippen molar-refractivity contribution in [1.29, 1.82) is 0 Å². The molecule has 0 atom stereocenters. The Morgan fingerprint density at radius 1 is 1.33 bits per heavy atom. The van der Waals surface area contributed by atoms with E-state index in [-0.39, 0.29) is 5.56 Å². The maximum absolute atomic E-state index is 12.8. The Labute approximate surface area is 107 Å². The van der Waals surface area contributed by atoms with E-state index >= 15 is 0 Å². The van der Waals surface area contributed by atoms with Crippen LogP contribution >= 0.6 is 0 Å². The highest BCUT2D eigenvalue weighted by Gasteiger charge is 2.13. The Morgan fingerprint density at radius 2 is 2.00 bits per heavy atom. The van der Waals surface area contributed by atoms with Crippen LogP contribution in [-0.4, -0.2) is 31.1 Å². The van der Waals surface area contributed by atoms with Crippen LogP contribution in [0.4, 0.5) is 20.2 Å². The van der Waals surface area contributed by atoms with Crippen molar-refractivity contribution < 1.29 is 8.78 Å². The SMILES string of the molecule is CC(C)N(C)CCNc1ccc(N)cc1C(F)F. The molecule has 0 fully saturated rings. The minimum absolute atomic E-state index is 0.0396. The maximum atomic E-state index is 12.8. The summed E-state index contributed by atoms with van der Waals surface area (Å²) in [6, 6.07) is 4.99. The van der Waals surface area contributed by atoms with E-state index in [2.05, 4.69) is 24.1 Å². The van der Waals surface area contributed by atoms with E-state index in [0.717, 1.165) is 6.54 Å². The number of alkyl halides is 2. The summed E-state index contributed by atoms with van der Waals surface area (Å²) in [4.78, 5) is 2.15. The van der Waals surface area contributed by atoms with Crippen molar-refractivity contribution >= 4 is 11.4 Å². The van der Waals surface area contributed by atoms with Gasteiger partial charge in [0, 0.05) is 36.1 Å². The number of hydrogen-bond acceptors (Lipinski definition) is 3. The van der Waals surface area contributed by atoms with E-state index in [9.17, 15) is 8.78 Å². The molecule has 0 unspecified atom stereocenters. The number of nitrogens with one attached hydrogen (secondary N) is 1. The molecule has 1 rings (SSSR count). The van der Waals surface area contributed by atoms with Crippen LogP contribution in [-0.2, 0) is 0 Å². The Morgan fingerprint density at radius 3 is 2.56 bits per heavy atom. The van der Waals surface area contributed by atoms with Gasteiger partial charge in [-0.2, -0.15) is 0 Å². The van der Waals surface area contributed by atoms with E-state index in [0.29, 0.717) is 24.0 Å². The molecule has 0 bridgehead atoms. The van der Waals surface area contributed by atoms with Gasteiger partial charge in [0.25, 0.3) is 6.43 Å². The van der Waals surface area contributed by atoms with Crippen LogP contribution in [0.15, 0.2) is 18.2 Å². The fraction of sp³-hybridized carbons (Fsp3) is 0.538. The molecular weight excluding hydrogens is 236 g/mol. The normalized spacial score (nSPS) is 11.6. The van der Waals surface area contributed by atoms with Gasteiger partial charge in [0.2, 0.25) is 0 Å². The molecule has 1 aromatic rings. The highest BCUT2D eigenvalue weighted by molar-refractivity contribution is 5.58. The van der Waals surface area contributed by atoms with Crippen molar-refractivity contribution in [1.82, 2.24) is 4.90 Å². The Balaban J connectivity index is 2.62. The smallest absolute Gasteiger partial charge is 0.265 e. The van der Waals surface area contributed by atoms with E-state index in [1.165, 1.54) is 6.07 Å². The quantitative estimate of drug-likeness (QED) is 0.770. The maximum Gasteiger partial charge on any atom is 0.265 e. The molecule has 18 heavy (non-hydrogen) atoms. The van der Waals surface area contributed by atoms with E-state index < -0.39 is 6.43 Å². The highest BCUT2D eigenvalue weighted by Crippen LogP contribution is 2.28. The number of benzene rings is 1. The second kappa shape index (κ2) is 6.54. The zero-order valence-electron chi connectivity index (χ0n) is 11.1. The Kier molecular flexibility index (Phi) is 5.34.